The van der Waals surface area contributed by atoms with Gasteiger partial charge in [0.25, 0.3) is 0 Å². The number of anilines is 1. The molecule has 0 aliphatic carbocycles. The van der Waals surface area contributed by atoms with Crippen molar-refractivity contribution in [2.24, 2.45) is 5.92 Å². The summed E-state index contributed by atoms with van der Waals surface area (Å²) in [6.45, 7) is 2.85. The molecule has 2 heterocycles. The van der Waals surface area contributed by atoms with Crippen LogP contribution >= 0.6 is 0 Å². The molecule has 1 aliphatic rings. The second kappa shape index (κ2) is 7.16. The third kappa shape index (κ3) is 3.91. The Kier molecular flexibility index (Phi) is 4.78. The molecule has 1 aliphatic heterocycles. The van der Waals surface area contributed by atoms with Crippen LogP contribution in [0.5, 0.6) is 0 Å². The zero-order valence-corrected chi connectivity index (χ0v) is 12.7. The summed E-state index contributed by atoms with van der Waals surface area (Å²) in [5.41, 5.74) is 1.27. The molecule has 4 heteroatoms. The summed E-state index contributed by atoms with van der Waals surface area (Å²) in [6, 6.07) is 14.2. The van der Waals surface area contributed by atoms with Crippen LogP contribution in [0.15, 0.2) is 53.1 Å². The normalized spacial score (nSPS) is 17.6. The van der Waals surface area contributed by atoms with E-state index in [-0.39, 0.29) is 5.91 Å². The second-order valence-electron chi connectivity index (χ2n) is 5.82. The number of nitrogens with one attached hydrogen (secondary N) is 1. The first kappa shape index (κ1) is 14.7. The number of para-hydroxylation sites is 1. The molecule has 116 valence electrons. The topological polar surface area (TPSA) is 45.5 Å². The molecule has 1 amide bonds. The lowest BCUT2D eigenvalue weighted by atomic mass is 10.1. The van der Waals surface area contributed by atoms with Crippen LogP contribution in [0.4, 0.5) is 5.69 Å². The average molecular weight is 298 g/mol. The number of aryl methyl sites for hydroxylation is 1. The second-order valence-corrected chi connectivity index (χ2v) is 5.82. The Labute approximate surface area is 131 Å². The van der Waals surface area contributed by atoms with E-state index < -0.39 is 0 Å². The van der Waals surface area contributed by atoms with Gasteiger partial charge in [-0.25, -0.2) is 0 Å². The van der Waals surface area contributed by atoms with E-state index in [0.29, 0.717) is 18.8 Å². The van der Waals surface area contributed by atoms with E-state index in [4.69, 9.17) is 4.42 Å². The molecule has 0 unspecified atom stereocenters. The number of benzene rings is 1. The number of rotatable bonds is 6. The lowest BCUT2D eigenvalue weighted by Crippen LogP contribution is -2.31. The number of carbonyl (C=O) groups excluding carboxylic acids is 1. The number of furan rings is 1. The number of carbonyl (C=O) groups is 1. The maximum Gasteiger partial charge on any atom is 0.220 e. The monoisotopic (exact) mass is 298 g/mol. The van der Waals surface area contributed by atoms with Crippen LogP contribution in [-0.4, -0.2) is 25.5 Å². The summed E-state index contributed by atoms with van der Waals surface area (Å²) in [5, 5.41) is 3.05. The maximum absolute atomic E-state index is 11.9. The van der Waals surface area contributed by atoms with E-state index in [1.165, 1.54) is 5.69 Å². The van der Waals surface area contributed by atoms with Crippen molar-refractivity contribution in [3.63, 3.8) is 0 Å². The van der Waals surface area contributed by atoms with Crippen LogP contribution in [0.25, 0.3) is 0 Å². The van der Waals surface area contributed by atoms with Gasteiger partial charge < -0.3 is 14.6 Å². The third-order valence-electron chi connectivity index (χ3n) is 4.17. The standard InChI is InChI=1S/C18H22N2O2/c21-18(9-8-17-7-4-12-22-17)19-13-15-10-11-20(14-15)16-5-2-1-3-6-16/h1-7,12,15H,8-11,13-14H2,(H,19,21)/t15-/m0/s1. The van der Waals surface area contributed by atoms with Crippen LogP contribution in [-0.2, 0) is 11.2 Å². The highest BCUT2D eigenvalue weighted by Gasteiger charge is 2.22. The summed E-state index contributed by atoms with van der Waals surface area (Å²) in [5.74, 6) is 1.51. The highest BCUT2D eigenvalue weighted by atomic mass is 16.3. The molecule has 22 heavy (non-hydrogen) atoms. The quantitative estimate of drug-likeness (QED) is 0.892. The van der Waals surface area contributed by atoms with Crippen LogP contribution in [0.3, 0.4) is 0 Å². The minimum atomic E-state index is 0.106. The first-order valence-electron chi connectivity index (χ1n) is 7.90. The van der Waals surface area contributed by atoms with Crippen molar-refractivity contribution in [3.8, 4) is 0 Å². The highest BCUT2D eigenvalue weighted by molar-refractivity contribution is 5.76. The molecule has 3 rings (SSSR count). The fourth-order valence-electron chi connectivity index (χ4n) is 2.91. The summed E-state index contributed by atoms with van der Waals surface area (Å²) >= 11 is 0. The predicted octanol–water partition coefficient (Wildman–Crippen LogP) is 2.85. The molecule has 0 bridgehead atoms. The van der Waals surface area contributed by atoms with Gasteiger partial charge in [0.1, 0.15) is 5.76 Å². The average Bonchev–Trinajstić information content (AvgIpc) is 3.23. The van der Waals surface area contributed by atoms with Crippen molar-refractivity contribution in [2.75, 3.05) is 24.5 Å². The van der Waals surface area contributed by atoms with Gasteiger partial charge in [0.2, 0.25) is 5.91 Å². The largest absolute Gasteiger partial charge is 0.469 e. The molecule has 1 aromatic heterocycles. The van der Waals surface area contributed by atoms with E-state index in [9.17, 15) is 4.79 Å². The smallest absolute Gasteiger partial charge is 0.220 e. The summed E-state index contributed by atoms with van der Waals surface area (Å²) in [4.78, 5) is 14.3. The summed E-state index contributed by atoms with van der Waals surface area (Å²) < 4.78 is 5.24. The van der Waals surface area contributed by atoms with Crippen LogP contribution in [0.1, 0.15) is 18.6 Å². The Balaban J connectivity index is 1.38. The Morgan fingerprint density at radius 1 is 1.23 bits per heavy atom. The maximum atomic E-state index is 11.9. The van der Waals surface area contributed by atoms with Crippen LogP contribution < -0.4 is 10.2 Å². The van der Waals surface area contributed by atoms with Crippen molar-refractivity contribution in [1.82, 2.24) is 5.32 Å². The first-order valence-corrected chi connectivity index (χ1v) is 7.90. The molecule has 2 aromatic rings. The number of nitrogens with zero attached hydrogens (tertiary/aromatic N) is 1. The lowest BCUT2D eigenvalue weighted by molar-refractivity contribution is -0.121. The minimum absolute atomic E-state index is 0.106. The van der Waals surface area contributed by atoms with Crippen molar-refractivity contribution < 1.29 is 9.21 Å². The molecule has 0 spiro atoms. The predicted molar refractivity (Wildman–Crippen MR) is 86.8 cm³/mol. The van der Waals surface area contributed by atoms with Crippen LogP contribution in [0, 0.1) is 5.92 Å². The van der Waals surface area contributed by atoms with Gasteiger partial charge in [-0.2, -0.15) is 0 Å². The van der Waals surface area contributed by atoms with Crippen molar-refractivity contribution in [2.45, 2.75) is 19.3 Å². The Morgan fingerprint density at radius 2 is 2.09 bits per heavy atom. The first-order chi connectivity index (χ1) is 10.8. The Morgan fingerprint density at radius 3 is 2.86 bits per heavy atom. The van der Waals surface area contributed by atoms with Crippen molar-refractivity contribution in [1.29, 1.82) is 0 Å². The van der Waals surface area contributed by atoms with E-state index in [0.717, 1.165) is 31.8 Å². The van der Waals surface area contributed by atoms with Crippen molar-refractivity contribution in [3.05, 3.63) is 54.5 Å². The van der Waals surface area contributed by atoms with Gasteiger partial charge in [-0.1, -0.05) is 18.2 Å². The lowest BCUT2D eigenvalue weighted by Gasteiger charge is -2.18. The molecular formula is C18H22N2O2. The fraction of sp³-hybridized carbons (Fsp3) is 0.389. The van der Waals surface area contributed by atoms with Gasteiger partial charge in [0, 0.05) is 38.2 Å². The number of amides is 1. The molecule has 1 atom stereocenters. The highest BCUT2D eigenvalue weighted by Crippen LogP contribution is 2.22. The molecule has 1 saturated heterocycles. The van der Waals surface area contributed by atoms with Gasteiger partial charge in [-0.15, -0.1) is 0 Å². The minimum Gasteiger partial charge on any atom is -0.469 e. The summed E-state index contributed by atoms with van der Waals surface area (Å²) in [7, 11) is 0. The Hall–Kier alpha value is -2.23. The fourth-order valence-corrected chi connectivity index (χ4v) is 2.91. The molecule has 1 N–H and O–H groups in total. The van der Waals surface area contributed by atoms with Gasteiger partial charge >= 0.3 is 0 Å². The van der Waals surface area contributed by atoms with E-state index in [2.05, 4.69) is 34.5 Å². The molecule has 4 nitrogen and oxygen atoms in total. The van der Waals surface area contributed by atoms with Crippen LogP contribution in [0.2, 0.25) is 0 Å². The van der Waals surface area contributed by atoms with Gasteiger partial charge in [-0.3, -0.25) is 4.79 Å². The van der Waals surface area contributed by atoms with E-state index >= 15 is 0 Å². The van der Waals surface area contributed by atoms with Gasteiger partial charge in [0.05, 0.1) is 6.26 Å². The van der Waals surface area contributed by atoms with E-state index in [1.807, 2.05) is 18.2 Å². The van der Waals surface area contributed by atoms with Crippen molar-refractivity contribution >= 4 is 11.6 Å². The summed E-state index contributed by atoms with van der Waals surface area (Å²) in [6.07, 6.45) is 3.93. The third-order valence-corrected chi connectivity index (χ3v) is 4.17. The molecular weight excluding hydrogens is 276 g/mol. The molecule has 0 saturated carbocycles. The zero-order valence-electron chi connectivity index (χ0n) is 12.7. The molecule has 1 aromatic carbocycles. The SMILES string of the molecule is O=C(CCc1ccco1)NC[C@@H]1CCN(c2ccccc2)C1. The molecule has 0 radical (unpaired) electrons. The Bertz CT molecular complexity index is 580. The molecule has 1 fully saturated rings. The van der Waals surface area contributed by atoms with Gasteiger partial charge in [-0.05, 0) is 36.6 Å². The number of hydrogen-bond donors (Lipinski definition) is 1. The van der Waals surface area contributed by atoms with E-state index in [1.54, 1.807) is 6.26 Å². The van der Waals surface area contributed by atoms with Gasteiger partial charge in [0.15, 0.2) is 0 Å². The zero-order chi connectivity index (χ0) is 15.2. The number of hydrogen-bond acceptors (Lipinski definition) is 3.